The Morgan fingerprint density at radius 2 is 1.77 bits per heavy atom. The SMILES string of the molecule is [2H]C([2H])([2H])Oc1c(Oc2cc(C)cc(F)c2C(=O)Nc2ccnc(C(C)=O)c2)ccc(OC(F)(F)F)c1F. The van der Waals surface area contributed by atoms with Gasteiger partial charge < -0.3 is 19.5 Å². The molecule has 3 rings (SSSR count). The van der Waals surface area contributed by atoms with Crippen molar-refractivity contribution in [2.75, 3.05) is 12.4 Å². The van der Waals surface area contributed by atoms with Crippen LogP contribution in [0.4, 0.5) is 27.6 Å². The number of amides is 1. The quantitative estimate of drug-likeness (QED) is 0.326. The maximum absolute atomic E-state index is 14.9. The summed E-state index contributed by atoms with van der Waals surface area (Å²) in [5, 5.41) is 2.35. The lowest BCUT2D eigenvalue weighted by Crippen LogP contribution is -2.18. The Labute approximate surface area is 199 Å². The van der Waals surface area contributed by atoms with Crippen molar-refractivity contribution in [2.24, 2.45) is 0 Å². The Hall–Kier alpha value is -4.22. The molecule has 3 aromatic rings. The zero-order valence-electron chi connectivity index (χ0n) is 20.9. The van der Waals surface area contributed by atoms with Gasteiger partial charge >= 0.3 is 6.36 Å². The zero-order valence-corrected chi connectivity index (χ0v) is 17.9. The predicted molar refractivity (Wildman–Crippen MR) is 113 cm³/mol. The van der Waals surface area contributed by atoms with Gasteiger partial charge in [-0.25, -0.2) is 4.39 Å². The van der Waals surface area contributed by atoms with Gasteiger partial charge in [0.15, 0.2) is 17.3 Å². The second-order valence-electron chi connectivity index (χ2n) is 7.02. The van der Waals surface area contributed by atoms with E-state index in [9.17, 15) is 31.5 Å². The summed E-state index contributed by atoms with van der Waals surface area (Å²) in [5.41, 5.74) is -0.445. The summed E-state index contributed by atoms with van der Waals surface area (Å²) in [6.45, 7) is 2.66. The van der Waals surface area contributed by atoms with Gasteiger partial charge in [0.05, 0.1) is 11.2 Å². The smallest absolute Gasteiger partial charge is 0.490 e. The van der Waals surface area contributed by atoms with Crippen LogP contribution < -0.4 is 19.5 Å². The fraction of sp³-hybridized carbons (Fsp3) is 0.174. The number of Topliss-reactive ketones (excluding diaryl/α,β-unsaturated/α-hetero) is 1. The van der Waals surface area contributed by atoms with Gasteiger partial charge in [0.1, 0.15) is 22.8 Å². The number of methoxy groups -OCH3 is 1. The van der Waals surface area contributed by atoms with Gasteiger partial charge in [-0.15, -0.1) is 13.2 Å². The average Bonchev–Trinajstić information content (AvgIpc) is 2.76. The topological polar surface area (TPSA) is 86.8 Å². The van der Waals surface area contributed by atoms with E-state index >= 15 is 0 Å². The number of anilines is 1. The first-order valence-corrected chi connectivity index (χ1v) is 9.57. The highest BCUT2D eigenvalue weighted by Gasteiger charge is 2.34. The standard InChI is InChI=1S/C23H17F5N2O5/c1-11-8-14(24)19(22(32)30-13-6-7-29-15(10-13)12(2)31)18(9-11)34-17-5-4-16(35-23(26,27)28)20(25)21(17)33-3/h4-10H,1-3H3,(H,29,30,32)/i3D3. The molecule has 2 aromatic carbocycles. The number of rotatable bonds is 7. The van der Waals surface area contributed by atoms with Crippen LogP contribution >= 0.6 is 0 Å². The summed E-state index contributed by atoms with van der Waals surface area (Å²) in [7, 11) is -3.34. The van der Waals surface area contributed by atoms with Crippen LogP contribution in [0, 0.1) is 18.6 Å². The number of nitrogens with one attached hydrogen (secondary N) is 1. The lowest BCUT2D eigenvalue weighted by atomic mass is 10.1. The molecule has 0 bridgehead atoms. The van der Waals surface area contributed by atoms with Crippen molar-refractivity contribution in [2.45, 2.75) is 20.2 Å². The summed E-state index contributed by atoms with van der Waals surface area (Å²) >= 11 is 0. The highest BCUT2D eigenvalue weighted by Crippen LogP contribution is 2.41. The van der Waals surface area contributed by atoms with Gasteiger partial charge in [-0.3, -0.25) is 14.6 Å². The lowest BCUT2D eigenvalue weighted by Gasteiger charge is -2.17. The second-order valence-corrected chi connectivity index (χ2v) is 7.02. The number of pyridine rings is 1. The number of ketones is 1. The number of carbonyl (C=O) groups is 2. The minimum absolute atomic E-state index is 0.00625. The first-order valence-electron chi connectivity index (χ1n) is 11.1. The molecule has 0 aliphatic heterocycles. The number of benzene rings is 2. The Morgan fingerprint density at radius 1 is 1.06 bits per heavy atom. The predicted octanol–water partition coefficient (Wildman–Crippen LogP) is 5.82. The molecule has 0 radical (unpaired) electrons. The number of halogens is 5. The summed E-state index contributed by atoms with van der Waals surface area (Å²) in [5.74, 6) is -8.55. The Morgan fingerprint density at radius 3 is 2.43 bits per heavy atom. The van der Waals surface area contributed by atoms with E-state index in [1.807, 2.05) is 0 Å². The Balaban J connectivity index is 2.06. The third-order valence-electron chi connectivity index (χ3n) is 4.38. The molecule has 0 spiro atoms. The number of hydrogen-bond acceptors (Lipinski definition) is 6. The Kier molecular flexibility index (Phi) is 6.06. The van der Waals surface area contributed by atoms with E-state index in [0.717, 1.165) is 12.1 Å². The second kappa shape index (κ2) is 9.95. The van der Waals surface area contributed by atoms with Crippen molar-refractivity contribution in [1.29, 1.82) is 0 Å². The van der Waals surface area contributed by atoms with E-state index in [0.29, 0.717) is 12.1 Å². The van der Waals surface area contributed by atoms with Crippen molar-refractivity contribution in [1.82, 2.24) is 4.98 Å². The van der Waals surface area contributed by atoms with Crippen molar-refractivity contribution in [3.63, 3.8) is 0 Å². The van der Waals surface area contributed by atoms with Crippen LogP contribution in [0.2, 0.25) is 0 Å². The van der Waals surface area contributed by atoms with Gasteiger partial charge in [0.2, 0.25) is 11.6 Å². The molecule has 184 valence electrons. The van der Waals surface area contributed by atoms with E-state index in [4.69, 9.17) is 8.85 Å². The first kappa shape index (κ1) is 21.3. The van der Waals surface area contributed by atoms with Crippen molar-refractivity contribution >= 4 is 17.4 Å². The molecule has 0 fully saturated rings. The Bertz CT molecular complexity index is 1400. The van der Waals surface area contributed by atoms with Gasteiger partial charge in [-0.1, -0.05) is 0 Å². The molecular weight excluding hydrogens is 479 g/mol. The summed E-state index contributed by atoms with van der Waals surface area (Å²) in [4.78, 5) is 28.3. The minimum atomic E-state index is -5.32. The molecule has 0 aliphatic carbocycles. The third-order valence-corrected chi connectivity index (χ3v) is 4.38. The van der Waals surface area contributed by atoms with Crippen LogP contribution in [-0.2, 0) is 0 Å². The maximum atomic E-state index is 14.9. The van der Waals surface area contributed by atoms with Crippen LogP contribution in [0.15, 0.2) is 42.6 Å². The van der Waals surface area contributed by atoms with Crippen molar-refractivity contribution in [3.05, 3.63) is 71.1 Å². The maximum Gasteiger partial charge on any atom is 0.573 e. The van der Waals surface area contributed by atoms with E-state index in [2.05, 4.69) is 19.8 Å². The molecule has 0 aliphatic rings. The fourth-order valence-electron chi connectivity index (χ4n) is 2.92. The fourth-order valence-corrected chi connectivity index (χ4v) is 2.92. The number of hydrogen-bond donors (Lipinski definition) is 1. The third kappa shape index (κ3) is 6.02. The van der Waals surface area contributed by atoms with Crippen LogP contribution in [0.5, 0.6) is 23.0 Å². The lowest BCUT2D eigenvalue weighted by molar-refractivity contribution is -0.275. The van der Waals surface area contributed by atoms with E-state index in [-0.39, 0.29) is 16.9 Å². The molecular formula is C23H17F5N2O5. The number of alkyl halides is 3. The van der Waals surface area contributed by atoms with E-state index in [1.54, 1.807) is 0 Å². The number of aryl methyl sites for hydroxylation is 1. The monoisotopic (exact) mass is 499 g/mol. The highest BCUT2D eigenvalue weighted by atomic mass is 19.4. The first-order chi connectivity index (χ1) is 17.5. The molecule has 1 amide bonds. The summed E-state index contributed by atoms with van der Waals surface area (Å²) in [6, 6.07) is 5.82. The number of aromatic nitrogens is 1. The van der Waals surface area contributed by atoms with Crippen LogP contribution in [0.25, 0.3) is 0 Å². The molecule has 7 nitrogen and oxygen atoms in total. The van der Waals surface area contributed by atoms with E-state index in [1.165, 1.54) is 32.2 Å². The number of carbonyl (C=O) groups excluding carboxylic acids is 2. The van der Waals surface area contributed by atoms with Crippen LogP contribution in [0.1, 0.15) is 37.4 Å². The van der Waals surface area contributed by atoms with Crippen molar-refractivity contribution in [3.8, 4) is 23.0 Å². The van der Waals surface area contributed by atoms with Crippen LogP contribution in [0.3, 0.4) is 0 Å². The molecule has 0 saturated carbocycles. The van der Waals surface area contributed by atoms with Crippen molar-refractivity contribution < 1.29 is 49.9 Å². The average molecular weight is 499 g/mol. The summed E-state index contributed by atoms with van der Waals surface area (Å²) < 4.78 is 103. The van der Waals surface area contributed by atoms with Gasteiger partial charge in [0.25, 0.3) is 5.91 Å². The summed E-state index contributed by atoms with van der Waals surface area (Å²) in [6.07, 6.45) is -4.10. The molecule has 0 atom stereocenters. The largest absolute Gasteiger partial charge is 0.573 e. The normalized spacial score (nSPS) is 12.7. The van der Waals surface area contributed by atoms with Gasteiger partial charge in [0, 0.05) is 18.8 Å². The van der Waals surface area contributed by atoms with Gasteiger partial charge in [-0.2, -0.15) is 4.39 Å². The molecule has 1 N–H and O–H groups in total. The minimum Gasteiger partial charge on any atom is -0.490 e. The molecule has 0 saturated heterocycles. The van der Waals surface area contributed by atoms with Gasteiger partial charge in [-0.05, 0) is 48.9 Å². The van der Waals surface area contributed by atoms with Crippen LogP contribution in [-0.4, -0.2) is 30.1 Å². The highest BCUT2D eigenvalue weighted by molar-refractivity contribution is 6.07. The van der Waals surface area contributed by atoms with E-state index < -0.39 is 65.3 Å². The molecule has 1 aromatic heterocycles. The molecule has 12 heteroatoms. The molecule has 1 heterocycles. The molecule has 0 unspecified atom stereocenters. The number of ether oxygens (including phenoxy) is 3. The molecule has 35 heavy (non-hydrogen) atoms. The zero-order chi connectivity index (χ0) is 28.4. The number of nitrogens with zero attached hydrogens (tertiary/aromatic N) is 1.